The summed E-state index contributed by atoms with van der Waals surface area (Å²) in [5.74, 6) is 0.788. The highest BCUT2D eigenvalue weighted by Gasteiger charge is 2.12. The lowest BCUT2D eigenvalue weighted by molar-refractivity contribution is 0.596. The number of aryl methyl sites for hydroxylation is 1. The van der Waals surface area contributed by atoms with Crippen LogP contribution in [0.2, 0.25) is 0 Å². The summed E-state index contributed by atoms with van der Waals surface area (Å²) in [7, 11) is 1.93. The van der Waals surface area contributed by atoms with Gasteiger partial charge in [0.1, 0.15) is 5.69 Å². The summed E-state index contributed by atoms with van der Waals surface area (Å²) in [4.78, 5) is 4.26. The first-order valence-electron chi connectivity index (χ1n) is 4.75. The molecule has 15 heavy (non-hydrogen) atoms. The Kier molecular flexibility index (Phi) is 2.44. The Morgan fingerprint density at radius 2 is 2.20 bits per heavy atom. The van der Waals surface area contributed by atoms with Gasteiger partial charge in [0.05, 0.1) is 6.33 Å². The predicted octanol–water partition coefficient (Wildman–Crippen LogP) is 1.92. The van der Waals surface area contributed by atoms with Crippen LogP contribution in [0.3, 0.4) is 0 Å². The molecule has 0 atom stereocenters. The zero-order chi connectivity index (χ0) is 11.0. The smallest absolute Gasteiger partial charge is 0.195 e. The average Bonchev–Trinajstić information content (AvgIpc) is 2.71. The van der Waals surface area contributed by atoms with Crippen LogP contribution in [-0.4, -0.2) is 24.3 Å². The predicted molar refractivity (Wildman–Crippen MR) is 60.0 cm³/mol. The summed E-state index contributed by atoms with van der Waals surface area (Å²) in [6.45, 7) is 4.13. The van der Waals surface area contributed by atoms with Gasteiger partial charge < -0.3 is 4.57 Å². The lowest BCUT2D eigenvalue weighted by atomic mass is 10.3. The molecule has 2 rings (SSSR count). The lowest BCUT2D eigenvalue weighted by Crippen LogP contribution is -2.03. The van der Waals surface area contributed by atoms with E-state index in [1.807, 2.05) is 22.4 Å². The van der Waals surface area contributed by atoms with Crippen LogP contribution in [0.25, 0.3) is 11.5 Å². The minimum atomic E-state index is 0.272. The van der Waals surface area contributed by atoms with Crippen molar-refractivity contribution in [1.29, 1.82) is 0 Å². The maximum atomic E-state index is 5.17. The Morgan fingerprint density at radius 1 is 1.47 bits per heavy atom. The number of hydrogen-bond donors (Lipinski definition) is 1. The van der Waals surface area contributed by atoms with Gasteiger partial charge in [-0.2, -0.15) is 5.10 Å². The number of nitrogens with zero attached hydrogens (tertiary/aromatic N) is 4. The third-order valence-corrected chi connectivity index (χ3v) is 2.44. The van der Waals surface area contributed by atoms with Crippen LogP contribution in [0, 0.1) is 4.77 Å². The molecule has 0 saturated carbocycles. The Bertz CT molecular complexity index is 519. The second-order valence-corrected chi connectivity index (χ2v) is 4.13. The van der Waals surface area contributed by atoms with Crippen LogP contribution in [0.1, 0.15) is 19.9 Å². The van der Waals surface area contributed by atoms with Gasteiger partial charge in [0.2, 0.25) is 0 Å². The zero-order valence-electron chi connectivity index (χ0n) is 8.93. The molecule has 5 nitrogen and oxygen atoms in total. The van der Waals surface area contributed by atoms with Crippen molar-refractivity contribution < 1.29 is 0 Å². The van der Waals surface area contributed by atoms with Crippen molar-refractivity contribution in [3.05, 3.63) is 17.3 Å². The van der Waals surface area contributed by atoms with Crippen molar-refractivity contribution in [3.8, 4) is 11.5 Å². The van der Waals surface area contributed by atoms with Crippen LogP contribution in [0.15, 0.2) is 12.5 Å². The van der Waals surface area contributed by atoms with E-state index in [9.17, 15) is 0 Å². The van der Waals surface area contributed by atoms with Gasteiger partial charge in [0.15, 0.2) is 10.6 Å². The zero-order valence-corrected chi connectivity index (χ0v) is 9.75. The van der Waals surface area contributed by atoms with Crippen molar-refractivity contribution in [3.63, 3.8) is 0 Å². The molecule has 2 aromatic rings. The molecular weight excluding hydrogens is 210 g/mol. The maximum Gasteiger partial charge on any atom is 0.195 e. The van der Waals surface area contributed by atoms with Gasteiger partial charge in [-0.15, -0.1) is 0 Å². The number of imidazole rings is 1. The normalized spacial score (nSPS) is 11.2. The fourth-order valence-corrected chi connectivity index (χ4v) is 1.84. The van der Waals surface area contributed by atoms with Gasteiger partial charge in [-0.05, 0) is 26.1 Å². The third-order valence-electron chi connectivity index (χ3n) is 2.15. The first-order chi connectivity index (χ1) is 7.09. The largest absolute Gasteiger partial charge is 0.340 e. The number of nitrogens with one attached hydrogen (secondary N) is 1. The summed E-state index contributed by atoms with van der Waals surface area (Å²) in [5.41, 5.74) is 0.832. The topological polar surface area (TPSA) is 51.4 Å². The van der Waals surface area contributed by atoms with E-state index in [1.165, 1.54) is 0 Å². The van der Waals surface area contributed by atoms with Crippen molar-refractivity contribution in [1.82, 2.24) is 24.3 Å². The third kappa shape index (κ3) is 1.72. The van der Waals surface area contributed by atoms with Crippen LogP contribution in [-0.2, 0) is 7.05 Å². The van der Waals surface area contributed by atoms with E-state index >= 15 is 0 Å². The van der Waals surface area contributed by atoms with Crippen molar-refractivity contribution in [2.45, 2.75) is 19.9 Å². The van der Waals surface area contributed by atoms with E-state index < -0.39 is 0 Å². The van der Waals surface area contributed by atoms with E-state index in [0.29, 0.717) is 4.77 Å². The maximum absolute atomic E-state index is 5.17. The molecule has 0 amide bonds. The molecule has 0 spiro atoms. The fourth-order valence-electron chi connectivity index (χ4n) is 1.49. The molecule has 0 aliphatic rings. The molecule has 2 aromatic heterocycles. The first kappa shape index (κ1) is 10.1. The molecule has 0 radical (unpaired) electrons. The van der Waals surface area contributed by atoms with Crippen LogP contribution in [0.4, 0.5) is 0 Å². The highest BCUT2D eigenvalue weighted by molar-refractivity contribution is 7.71. The molecule has 0 aliphatic carbocycles. The molecular formula is C9H13N5S. The number of aromatic amines is 1. The molecule has 6 heteroatoms. The molecule has 1 N–H and O–H groups in total. The van der Waals surface area contributed by atoms with Gasteiger partial charge in [0, 0.05) is 19.3 Å². The number of H-pyrrole nitrogens is 1. The molecule has 0 unspecified atom stereocenters. The number of rotatable bonds is 2. The van der Waals surface area contributed by atoms with Crippen molar-refractivity contribution >= 4 is 12.2 Å². The quantitative estimate of drug-likeness (QED) is 0.791. The molecule has 0 saturated heterocycles. The van der Waals surface area contributed by atoms with Gasteiger partial charge in [-0.25, -0.2) is 4.98 Å². The average molecular weight is 223 g/mol. The summed E-state index contributed by atoms with van der Waals surface area (Å²) >= 11 is 5.17. The fraction of sp³-hybridized carbons (Fsp3) is 0.444. The monoisotopic (exact) mass is 223 g/mol. The van der Waals surface area contributed by atoms with E-state index in [1.54, 1.807) is 6.33 Å². The van der Waals surface area contributed by atoms with Gasteiger partial charge >= 0.3 is 0 Å². The van der Waals surface area contributed by atoms with Crippen LogP contribution < -0.4 is 0 Å². The van der Waals surface area contributed by atoms with Crippen molar-refractivity contribution in [2.75, 3.05) is 0 Å². The SMILES string of the molecule is CC(C)n1c(-c2cn(C)cn2)n[nH]c1=S. The van der Waals surface area contributed by atoms with Gasteiger partial charge in [0.25, 0.3) is 0 Å². The van der Waals surface area contributed by atoms with E-state index in [2.05, 4.69) is 29.0 Å². The van der Waals surface area contributed by atoms with E-state index in [-0.39, 0.29) is 6.04 Å². The minimum Gasteiger partial charge on any atom is -0.340 e. The molecule has 0 fully saturated rings. The van der Waals surface area contributed by atoms with Crippen LogP contribution in [0.5, 0.6) is 0 Å². The number of aromatic nitrogens is 5. The summed E-state index contributed by atoms with van der Waals surface area (Å²) in [6, 6.07) is 0.272. The second kappa shape index (κ2) is 3.62. The Hall–Kier alpha value is -1.43. The highest BCUT2D eigenvalue weighted by Crippen LogP contribution is 2.18. The molecule has 80 valence electrons. The lowest BCUT2D eigenvalue weighted by Gasteiger charge is -2.08. The first-order valence-corrected chi connectivity index (χ1v) is 5.15. The van der Waals surface area contributed by atoms with Gasteiger partial charge in [-0.3, -0.25) is 9.67 Å². The Balaban J connectivity index is 2.58. The summed E-state index contributed by atoms with van der Waals surface area (Å²) in [6.07, 6.45) is 3.67. The van der Waals surface area contributed by atoms with E-state index in [0.717, 1.165) is 11.5 Å². The summed E-state index contributed by atoms with van der Waals surface area (Å²) in [5, 5.41) is 6.98. The number of hydrogen-bond acceptors (Lipinski definition) is 3. The van der Waals surface area contributed by atoms with E-state index in [4.69, 9.17) is 12.2 Å². The Labute approximate surface area is 92.8 Å². The Morgan fingerprint density at radius 3 is 2.73 bits per heavy atom. The minimum absolute atomic E-state index is 0.272. The van der Waals surface area contributed by atoms with Crippen LogP contribution >= 0.6 is 12.2 Å². The molecule has 0 aliphatic heterocycles. The summed E-state index contributed by atoms with van der Waals surface area (Å²) < 4.78 is 4.47. The molecule has 0 aromatic carbocycles. The molecule has 0 bridgehead atoms. The molecule has 2 heterocycles. The van der Waals surface area contributed by atoms with Crippen molar-refractivity contribution in [2.24, 2.45) is 7.05 Å². The second-order valence-electron chi connectivity index (χ2n) is 3.74. The highest BCUT2D eigenvalue weighted by atomic mass is 32.1. The van der Waals surface area contributed by atoms with Gasteiger partial charge in [-0.1, -0.05) is 0 Å². The standard InChI is InChI=1S/C9H13N5S/c1-6(2)14-8(11-12-9(14)15)7-4-13(3)5-10-7/h4-6H,1-3H3,(H,12,15).